The lowest BCUT2D eigenvalue weighted by atomic mass is 10.1. The summed E-state index contributed by atoms with van der Waals surface area (Å²) in [6.07, 6.45) is 1.87. The van der Waals surface area contributed by atoms with Gasteiger partial charge in [-0.1, -0.05) is 97.1 Å². The molecule has 0 fully saturated rings. The molecule has 0 saturated heterocycles. The van der Waals surface area contributed by atoms with E-state index in [-0.39, 0.29) is 5.91 Å². The van der Waals surface area contributed by atoms with Gasteiger partial charge in [-0.25, -0.2) is 4.98 Å². The predicted octanol–water partition coefficient (Wildman–Crippen LogP) is 7.54. The first-order chi connectivity index (χ1) is 20.1. The van der Waals surface area contributed by atoms with Gasteiger partial charge in [-0.15, -0.1) is 0 Å². The molecule has 6 aromatic rings. The van der Waals surface area contributed by atoms with Crippen molar-refractivity contribution >= 4 is 41.2 Å². The molecule has 0 aliphatic carbocycles. The van der Waals surface area contributed by atoms with Crippen LogP contribution in [0.2, 0.25) is 0 Å². The van der Waals surface area contributed by atoms with E-state index in [2.05, 4.69) is 119 Å². The van der Waals surface area contributed by atoms with Gasteiger partial charge in [-0.05, 0) is 72.5 Å². The number of imidazole rings is 1. The fourth-order valence-electron chi connectivity index (χ4n) is 5.24. The second kappa shape index (κ2) is 12.3. The maximum Gasteiger partial charge on any atom is 0.221 e. The second-order valence-corrected chi connectivity index (χ2v) is 12.4. The lowest BCUT2D eigenvalue weighted by Crippen LogP contribution is -2.12. The molecule has 0 unspecified atom stereocenters. The number of fused-ring (bicyclic) bond motifs is 1. The van der Waals surface area contributed by atoms with Crippen molar-refractivity contribution in [3.63, 3.8) is 0 Å². The molecule has 202 valence electrons. The maximum absolute atomic E-state index is 11.5. The zero-order valence-corrected chi connectivity index (χ0v) is 24.0. The number of hydrogen-bond acceptors (Lipinski definition) is 2. The van der Waals surface area contributed by atoms with Crippen LogP contribution >= 0.6 is 7.92 Å². The van der Waals surface area contributed by atoms with Crippen LogP contribution in [0.1, 0.15) is 18.1 Å². The first-order valence-corrected chi connectivity index (χ1v) is 15.5. The largest absolute Gasteiger partial charge is 0.326 e. The molecule has 1 heterocycles. The zero-order valence-electron chi connectivity index (χ0n) is 23.1. The minimum atomic E-state index is -0.544. The number of benzene rings is 5. The number of nitrogens with one attached hydrogen (secondary N) is 1. The van der Waals surface area contributed by atoms with Crippen molar-refractivity contribution in [3.8, 4) is 11.4 Å². The topological polar surface area (TPSA) is 46.9 Å². The molecule has 41 heavy (non-hydrogen) atoms. The molecule has 6 rings (SSSR count). The van der Waals surface area contributed by atoms with Crippen molar-refractivity contribution in [3.05, 3.63) is 145 Å². The Labute approximate surface area is 242 Å². The molecule has 0 atom stereocenters. The highest BCUT2D eigenvalue weighted by Gasteiger charge is 2.17. The average molecular weight is 554 g/mol. The summed E-state index contributed by atoms with van der Waals surface area (Å²) in [5, 5.41) is 5.61. The molecule has 5 heteroatoms. The number of nitrogens with zero attached hydrogens (tertiary/aromatic N) is 2. The molecule has 0 aliphatic heterocycles. The van der Waals surface area contributed by atoms with Crippen LogP contribution in [0.25, 0.3) is 22.4 Å². The minimum absolute atomic E-state index is 0.0775. The number of aromatic nitrogens is 2. The molecule has 0 spiro atoms. The molecule has 1 amide bonds. The van der Waals surface area contributed by atoms with Gasteiger partial charge in [0, 0.05) is 30.9 Å². The molecular weight excluding hydrogens is 521 g/mol. The number of aryl methyl sites for hydroxylation is 2. The van der Waals surface area contributed by atoms with Crippen LogP contribution in [0.15, 0.2) is 133 Å². The third-order valence-corrected chi connectivity index (χ3v) is 9.74. The quantitative estimate of drug-likeness (QED) is 0.188. The average Bonchev–Trinajstić information content (AvgIpc) is 3.38. The Hall–Kier alpha value is -4.53. The highest BCUT2D eigenvalue weighted by Crippen LogP contribution is 2.38. The molecule has 0 saturated carbocycles. The summed E-state index contributed by atoms with van der Waals surface area (Å²) >= 11 is 0. The van der Waals surface area contributed by atoms with Crippen LogP contribution < -0.4 is 15.9 Å². The van der Waals surface area contributed by atoms with Crippen molar-refractivity contribution in [1.82, 2.24) is 9.55 Å². The Morgan fingerprint density at radius 3 is 1.95 bits per heavy atom. The fraction of sp³-hybridized carbons (Fsp3) is 0.111. The number of carbonyl (C=O) groups excluding carboxylic acids is 1. The normalized spacial score (nSPS) is 11.2. The van der Waals surface area contributed by atoms with E-state index in [0.29, 0.717) is 0 Å². The van der Waals surface area contributed by atoms with E-state index < -0.39 is 7.92 Å². The SMILES string of the molecule is CC(=O)Nc1ccc(-c2nc3cc(CP(c4ccccc4)c4ccccc4)ccc3n2CCc2ccccc2)cc1. The molecule has 0 bridgehead atoms. The molecule has 1 N–H and O–H groups in total. The van der Waals surface area contributed by atoms with Crippen molar-refractivity contribution in [2.45, 2.75) is 26.1 Å². The molecule has 1 aromatic heterocycles. The number of hydrogen-bond donors (Lipinski definition) is 1. The lowest BCUT2D eigenvalue weighted by molar-refractivity contribution is -0.114. The van der Waals surface area contributed by atoms with Gasteiger partial charge in [0.2, 0.25) is 5.91 Å². The lowest BCUT2D eigenvalue weighted by Gasteiger charge is -2.19. The Morgan fingerprint density at radius 2 is 1.34 bits per heavy atom. The third-order valence-electron chi connectivity index (χ3n) is 7.22. The Bertz CT molecular complexity index is 1710. The van der Waals surface area contributed by atoms with Gasteiger partial charge in [-0.2, -0.15) is 0 Å². The monoisotopic (exact) mass is 553 g/mol. The van der Waals surface area contributed by atoms with Crippen molar-refractivity contribution in [1.29, 1.82) is 0 Å². The fourth-order valence-corrected chi connectivity index (χ4v) is 7.53. The van der Waals surface area contributed by atoms with E-state index in [4.69, 9.17) is 4.98 Å². The van der Waals surface area contributed by atoms with Gasteiger partial charge in [-0.3, -0.25) is 4.79 Å². The van der Waals surface area contributed by atoms with Crippen LogP contribution in [0.5, 0.6) is 0 Å². The van der Waals surface area contributed by atoms with Gasteiger partial charge in [0.25, 0.3) is 0 Å². The first kappa shape index (κ1) is 26.7. The number of amides is 1. The van der Waals surface area contributed by atoms with Crippen LogP contribution in [0, 0.1) is 0 Å². The summed E-state index contributed by atoms with van der Waals surface area (Å²) in [5.41, 5.74) is 6.54. The molecule has 0 radical (unpaired) electrons. The van der Waals surface area contributed by atoms with Gasteiger partial charge < -0.3 is 9.88 Å². The number of anilines is 1. The second-order valence-electron chi connectivity index (χ2n) is 10.2. The Kier molecular flexibility index (Phi) is 8.02. The first-order valence-electron chi connectivity index (χ1n) is 13.9. The van der Waals surface area contributed by atoms with Crippen LogP contribution in [-0.4, -0.2) is 15.5 Å². The van der Waals surface area contributed by atoms with Crippen molar-refractivity contribution < 1.29 is 4.79 Å². The minimum Gasteiger partial charge on any atom is -0.326 e. The standard InChI is InChI=1S/C36H32N3OP/c1-27(40)37-31-20-18-30(19-21-31)36-38-34-25-29(17-22-35(34)39(36)24-23-28-11-5-2-6-12-28)26-41(32-13-7-3-8-14-32)33-15-9-4-10-16-33/h2-22,25H,23-24,26H2,1H3,(H,37,40). The van der Waals surface area contributed by atoms with Gasteiger partial charge in [0.05, 0.1) is 11.0 Å². The summed E-state index contributed by atoms with van der Waals surface area (Å²) in [6, 6.07) is 47.0. The summed E-state index contributed by atoms with van der Waals surface area (Å²) in [4.78, 5) is 16.7. The van der Waals surface area contributed by atoms with Gasteiger partial charge >= 0.3 is 0 Å². The highest BCUT2D eigenvalue weighted by atomic mass is 31.1. The predicted molar refractivity (Wildman–Crippen MR) is 172 cm³/mol. The van der Waals surface area contributed by atoms with Gasteiger partial charge in [0.1, 0.15) is 5.82 Å². The Balaban J connectivity index is 1.37. The van der Waals surface area contributed by atoms with E-state index in [0.717, 1.165) is 47.2 Å². The van der Waals surface area contributed by atoms with Crippen LogP contribution in [0.3, 0.4) is 0 Å². The zero-order chi connectivity index (χ0) is 28.0. The van der Waals surface area contributed by atoms with E-state index in [1.165, 1.54) is 28.7 Å². The summed E-state index contributed by atoms with van der Waals surface area (Å²) < 4.78 is 2.33. The number of carbonyl (C=O) groups is 1. The Morgan fingerprint density at radius 1 is 0.732 bits per heavy atom. The summed E-state index contributed by atoms with van der Waals surface area (Å²) in [6.45, 7) is 2.35. The highest BCUT2D eigenvalue weighted by molar-refractivity contribution is 7.72. The van der Waals surface area contributed by atoms with Crippen LogP contribution in [-0.2, 0) is 23.9 Å². The van der Waals surface area contributed by atoms with Gasteiger partial charge in [0.15, 0.2) is 0 Å². The molecule has 0 aliphatic rings. The molecular formula is C36H32N3OP. The van der Waals surface area contributed by atoms with Crippen LogP contribution in [0.4, 0.5) is 5.69 Å². The van der Waals surface area contributed by atoms with E-state index in [1.54, 1.807) is 0 Å². The van der Waals surface area contributed by atoms with E-state index in [1.807, 2.05) is 24.3 Å². The third kappa shape index (κ3) is 6.29. The van der Waals surface area contributed by atoms with Crippen molar-refractivity contribution in [2.75, 3.05) is 5.32 Å². The van der Waals surface area contributed by atoms with E-state index in [9.17, 15) is 4.79 Å². The summed E-state index contributed by atoms with van der Waals surface area (Å²) in [7, 11) is -0.544. The summed E-state index contributed by atoms with van der Waals surface area (Å²) in [5.74, 6) is 0.863. The maximum atomic E-state index is 11.5. The molecule has 4 nitrogen and oxygen atoms in total. The van der Waals surface area contributed by atoms with Crippen molar-refractivity contribution in [2.24, 2.45) is 0 Å². The number of rotatable bonds is 9. The molecule has 5 aromatic carbocycles. The van der Waals surface area contributed by atoms with E-state index >= 15 is 0 Å². The smallest absolute Gasteiger partial charge is 0.221 e.